The van der Waals surface area contributed by atoms with Gasteiger partial charge in [0.15, 0.2) is 5.13 Å². The molecule has 0 saturated carbocycles. The van der Waals surface area contributed by atoms with Crippen molar-refractivity contribution in [3.05, 3.63) is 34.1 Å². The zero-order valence-corrected chi connectivity index (χ0v) is 10.9. The van der Waals surface area contributed by atoms with Gasteiger partial charge >= 0.3 is 5.69 Å². The molecule has 0 atom stereocenters. The highest BCUT2D eigenvalue weighted by Gasteiger charge is 2.10. The molecule has 2 N–H and O–H groups in total. The molecule has 5 nitrogen and oxygen atoms in total. The minimum atomic E-state index is -0.0278. The van der Waals surface area contributed by atoms with Crippen molar-refractivity contribution >= 4 is 27.5 Å². The number of fused-ring (bicyclic) bond motifs is 1. The Kier molecular flexibility index (Phi) is 2.27. The van der Waals surface area contributed by atoms with Crippen LogP contribution in [0, 0.1) is 0 Å². The minimum absolute atomic E-state index is 0.0278. The van der Waals surface area contributed by atoms with Gasteiger partial charge in [-0.1, -0.05) is 6.07 Å². The summed E-state index contributed by atoms with van der Waals surface area (Å²) in [5.41, 5.74) is 9.23. The smallest absolute Gasteiger partial charge is 0.328 e. The van der Waals surface area contributed by atoms with Gasteiger partial charge in [0.1, 0.15) is 0 Å². The molecule has 3 aromatic rings. The summed E-state index contributed by atoms with van der Waals surface area (Å²) in [6.07, 6.45) is 0. The predicted octanol–water partition coefficient (Wildman–Crippen LogP) is 1.58. The molecule has 0 bridgehead atoms. The van der Waals surface area contributed by atoms with Crippen LogP contribution >= 0.6 is 11.3 Å². The van der Waals surface area contributed by atoms with Gasteiger partial charge in [-0.05, 0) is 12.1 Å². The highest BCUT2D eigenvalue weighted by Crippen LogP contribution is 2.25. The molecule has 0 amide bonds. The van der Waals surface area contributed by atoms with E-state index in [0.717, 1.165) is 22.3 Å². The molecule has 0 aliphatic rings. The highest BCUT2D eigenvalue weighted by atomic mass is 32.1. The van der Waals surface area contributed by atoms with E-state index in [1.165, 1.54) is 11.3 Å². The number of nitrogens with zero attached hydrogens (tertiary/aromatic N) is 3. The molecule has 2 aromatic heterocycles. The quantitative estimate of drug-likeness (QED) is 0.722. The van der Waals surface area contributed by atoms with Crippen LogP contribution in [-0.4, -0.2) is 14.1 Å². The molecule has 0 spiro atoms. The Hall–Kier alpha value is -2.08. The molecular weight excluding hydrogens is 248 g/mol. The molecule has 6 heteroatoms. The third kappa shape index (κ3) is 1.46. The summed E-state index contributed by atoms with van der Waals surface area (Å²) in [5, 5.41) is 2.46. The molecule has 92 valence electrons. The van der Waals surface area contributed by atoms with E-state index >= 15 is 0 Å². The molecule has 0 radical (unpaired) electrons. The van der Waals surface area contributed by atoms with Crippen LogP contribution in [0.25, 0.3) is 22.3 Å². The van der Waals surface area contributed by atoms with Crippen LogP contribution in [0.1, 0.15) is 0 Å². The molecule has 18 heavy (non-hydrogen) atoms. The second-order valence-corrected chi connectivity index (χ2v) is 5.06. The maximum atomic E-state index is 11.8. The summed E-state index contributed by atoms with van der Waals surface area (Å²) in [6.45, 7) is 0. The van der Waals surface area contributed by atoms with Crippen molar-refractivity contribution in [2.24, 2.45) is 14.1 Å². The van der Waals surface area contributed by atoms with E-state index in [9.17, 15) is 4.79 Å². The van der Waals surface area contributed by atoms with E-state index in [-0.39, 0.29) is 5.69 Å². The standard InChI is InChI=1S/C12H12N4OS/c1-15-9-4-3-7(8-6-18-11(13)14-8)5-10(9)16(2)12(15)17/h3-6H,1-2H3,(H2,13,14). The number of aryl methyl sites for hydroxylation is 2. The summed E-state index contributed by atoms with van der Waals surface area (Å²) < 4.78 is 3.27. The Bertz CT molecular complexity index is 796. The summed E-state index contributed by atoms with van der Waals surface area (Å²) >= 11 is 1.41. The van der Waals surface area contributed by atoms with Crippen molar-refractivity contribution in [1.29, 1.82) is 0 Å². The average Bonchev–Trinajstić information content (AvgIpc) is 2.89. The monoisotopic (exact) mass is 260 g/mol. The lowest BCUT2D eigenvalue weighted by Gasteiger charge is -1.99. The minimum Gasteiger partial charge on any atom is -0.375 e. The average molecular weight is 260 g/mol. The number of anilines is 1. The fourth-order valence-electron chi connectivity index (χ4n) is 2.09. The van der Waals surface area contributed by atoms with E-state index in [0.29, 0.717) is 5.13 Å². The number of hydrogen-bond acceptors (Lipinski definition) is 4. The SMILES string of the molecule is Cn1c(=O)n(C)c2cc(-c3csc(N)n3)ccc21. The fourth-order valence-corrected chi connectivity index (χ4v) is 2.66. The first-order chi connectivity index (χ1) is 8.58. The van der Waals surface area contributed by atoms with Crippen molar-refractivity contribution < 1.29 is 0 Å². The molecular formula is C12H12N4OS. The normalized spacial score (nSPS) is 11.2. The maximum Gasteiger partial charge on any atom is 0.328 e. The first kappa shape index (κ1) is 11.0. The zero-order chi connectivity index (χ0) is 12.9. The van der Waals surface area contributed by atoms with Crippen LogP contribution in [0.2, 0.25) is 0 Å². The Morgan fingerprint density at radius 1 is 1.22 bits per heavy atom. The Morgan fingerprint density at radius 3 is 2.61 bits per heavy atom. The molecule has 3 rings (SSSR count). The number of thiazole rings is 1. The summed E-state index contributed by atoms with van der Waals surface area (Å²) in [6, 6.07) is 5.85. The number of nitrogens with two attached hydrogens (primary N) is 1. The lowest BCUT2D eigenvalue weighted by atomic mass is 10.1. The number of rotatable bonds is 1. The van der Waals surface area contributed by atoms with Crippen molar-refractivity contribution in [2.45, 2.75) is 0 Å². The second kappa shape index (κ2) is 3.71. The second-order valence-electron chi connectivity index (χ2n) is 4.18. The van der Waals surface area contributed by atoms with Gasteiger partial charge in [-0.2, -0.15) is 0 Å². The summed E-state index contributed by atoms with van der Waals surface area (Å²) in [5.74, 6) is 0. The number of imidazole rings is 1. The molecule has 0 aliphatic heterocycles. The van der Waals surface area contributed by atoms with Crippen LogP contribution in [0.4, 0.5) is 5.13 Å². The maximum absolute atomic E-state index is 11.8. The molecule has 0 unspecified atom stereocenters. The van der Waals surface area contributed by atoms with E-state index < -0.39 is 0 Å². The van der Waals surface area contributed by atoms with Gasteiger partial charge in [-0.15, -0.1) is 11.3 Å². The number of aromatic nitrogens is 3. The fraction of sp³-hybridized carbons (Fsp3) is 0.167. The highest BCUT2D eigenvalue weighted by molar-refractivity contribution is 7.13. The van der Waals surface area contributed by atoms with Gasteiger partial charge in [0.2, 0.25) is 0 Å². The largest absolute Gasteiger partial charge is 0.375 e. The first-order valence-corrected chi connectivity index (χ1v) is 6.33. The molecule has 2 heterocycles. The van der Waals surface area contributed by atoms with Gasteiger partial charge in [-0.25, -0.2) is 9.78 Å². The van der Waals surface area contributed by atoms with Gasteiger partial charge < -0.3 is 5.73 Å². The van der Waals surface area contributed by atoms with E-state index in [2.05, 4.69) is 4.98 Å². The van der Waals surface area contributed by atoms with Gasteiger partial charge in [0, 0.05) is 25.0 Å². The van der Waals surface area contributed by atoms with Crippen LogP contribution < -0.4 is 11.4 Å². The Balaban J connectivity index is 2.29. The third-order valence-electron chi connectivity index (χ3n) is 3.09. The Morgan fingerprint density at radius 2 is 1.94 bits per heavy atom. The molecule has 1 aromatic carbocycles. The van der Waals surface area contributed by atoms with Gasteiger partial charge in [-0.3, -0.25) is 9.13 Å². The summed E-state index contributed by atoms with van der Waals surface area (Å²) in [7, 11) is 3.54. The predicted molar refractivity (Wildman–Crippen MR) is 73.7 cm³/mol. The topological polar surface area (TPSA) is 65.8 Å². The van der Waals surface area contributed by atoms with Crippen molar-refractivity contribution in [3.63, 3.8) is 0 Å². The zero-order valence-electron chi connectivity index (χ0n) is 10.0. The van der Waals surface area contributed by atoms with Crippen LogP contribution in [0.3, 0.4) is 0 Å². The van der Waals surface area contributed by atoms with Gasteiger partial charge in [0.05, 0.1) is 16.7 Å². The Labute approximate surface area is 107 Å². The first-order valence-electron chi connectivity index (χ1n) is 5.45. The van der Waals surface area contributed by atoms with Crippen LogP contribution in [0.5, 0.6) is 0 Å². The van der Waals surface area contributed by atoms with Crippen molar-refractivity contribution in [2.75, 3.05) is 5.73 Å². The van der Waals surface area contributed by atoms with Crippen LogP contribution in [0.15, 0.2) is 28.4 Å². The molecule has 0 aliphatic carbocycles. The number of benzene rings is 1. The molecule has 0 saturated heterocycles. The third-order valence-corrected chi connectivity index (χ3v) is 3.76. The van der Waals surface area contributed by atoms with E-state index in [1.54, 1.807) is 23.2 Å². The van der Waals surface area contributed by atoms with Crippen molar-refractivity contribution in [3.8, 4) is 11.3 Å². The number of nitrogen functional groups attached to an aromatic ring is 1. The van der Waals surface area contributed by atoms with E-state index in [4.69, 9.17) is 5.73 Å². The van der Waals surface area contributed by atoms with Crippen molar-refractivity contribution in [1.82, 2.24) is 14.1 Å². The van der Waals surface area contributed by atoms with Crippen LogP contribution in [-0.2, 0) is 14.1 Å². The summed E-state index contributed by atoms with van der Waals surface area (Å²) in [4.78, 5) is 16.1. The molecule has 0 fully saturated rings. The number of hydrogen-bond donors (Lipinski definition) is 1. The lowest BCUT2D eigenvalue weighted by Crippen LogP contribution is -2.19. The van der Waals surface area contributed by atoms with Gasteiger partial charge in [0.25, 0.3) is 0 Å². The van der Waals surface area contributed by atoms with E-state index in [1.807, 2.05) is 23.6 Å². The lowest BCUT2D eigenvalue weighted by molar-refractivity contribution is 0.795.